The molecule has 1 saturated carbocycles. The van der Waals surface area contributed by atoms with Gasteiger partial charge in [-0.2, -0.15) is 13.2 Å². The van der Waals surface area contributed by atoms with Crippen LogP contribution in [0.5, 0.6) is 0 Å². The number of alkyl halides is 3. The third kappa shape index (κ3) is 8.11. The summed E-state index contributed by atoms with van der Waals surface area (Å²) in [6.07, 6.45) is -0.0577. The Kier molecular flexibility index (Phi) is 9.93. The minimum absolute atomic E-state index is 0.00101. The molecule has 0 aliphatic heterocycles. The molecule has 1 aliphatic carbocycles. The maximum Gasteiger partial charge on any atom is 0.416 e. The van der Waals surface area contributed by atoms with Crippen LogP contribution in [0.15, 0.2) is 42.5 Å². The molecule has 12 heteroatoms. The predicted molar refractivity (Wildman–Crippen MR) is 145 cm³/mol. The molecule has 1 atom stereocenters. The van der Waals surface area contributed by atoms with Gasteiger partial charge in [-0.25, -0.2) is 8.42 Å². The van der Waals surface area contributed by atoms with E-state index in [-0.39, 0.29) is 29.9 Å². The Morgan fingerprint density at radius 2 is 1.79 bits per heavy atom. The van der Waals surface area contributed by atoms with E-state index in [1.807, 2.05) is 19.1 Å². The molecule has 0 radical (unpaired) electrons. The van der Waals surface area contributed by atoms with E-state index >= 15 is 0 Å². The number of sulfonamides is 1. The molecule has 1 fully saturated rings. The van der Waals surface area contributed by atoms with Crippen LogP contribution >= 0.6 is 11.6 Å². The summed E-state index contributed by atoms with van der Waals surface area (Å²) in [4.78, 5) is 28.4. The molecule has 0 spiro atoms. The molecule has 0 unspecified atom stereocenters. The van der Waals surface area contributed by atoms with E-state index in [4.69, 9.17) is 11.6 Å². The summed E-state index contributed by atoms with van der Waals surface area (Å²) < 4.78 is 66.3. The fourth-order valence-corrected chi connectivity index (χ4v) is 5.89. The molecule has 0 saturated heterocycles. The minimum atomic E-state index is -4.75. The first-order valence-corrected chi connectivity index (χ1v) is 14.9. The molecule has 2 aromatic rings. The van der Waals surface area contributed by atoms with Crippen LogP contribution < -0.4 is 9.62 Å². The van der Waals surface area contributed by atoms with Crippen molar-refractivity contribution in [3.63, 3.8) is 0 Å². The maximum atomic E-state index is 13.8. The standard InChI is InChI=1S/C27H33ClF3N3O4S/c1-4-23(26(36)32-21-10-5-6-11-21)33(16-19-9-7-8-18(2)14-19)25(35)17-34(39(3,37)38)24-15-20(27(29,30)31)12-13-22(24)28/h7-9,12-15,21,23H,4-6,10-11,16-17H2,1-3H3,(H,32,36)/t23-/m0/s1. The molecule has 2 amide bonds. The molecule has 39 heavy (non-hydrogen) atoms. The number of nitrogens with zero attached hydrogens (tertiary/aromatic N) is 2. The number of aryl methyl sites for hydroxylation is 1. The van der Waals surface area contributed by atoms with E-state index < -0.39 is 45.9 Å². The average molecular weight is 588 g/mol. The van der Waals surface area contributed by atoms with Crippen molar-refractivity contribution in [3.05, 3.63) is 64.2 Å². The summed E-state index contributed by atoms with van der Waals surface area (Å²) in [5.41, 5.74) is 0.0682. The second-order valence-corrected chi connectivity index (χ2v) is 12.2. The Morgan fingerprint density at radius 3 is 2.36 bits per heavy atom. The molecule has 1 aliphatic rings. The van der Waals surface area contributed by atoms with Crippen molar-refractivity contribution in [1.82, 2.24) is 10.2 Å². The van der Waals surface area contributed by atoms with E-state index in [9.17, 15) is 31.2 Å². The quantitative estimate of drug-likeness (QED) is 0.409. The summed E-state index contributed by atoms with van der Waals surface area (Å²) in [6, 6.07) is 8.67. The zero-order valence-corrected chi connectivity index (χ0v) is 23.7. The maximum absolute atomic E-state index is 13.8. The van der Waals surface area contributed by atoms with Crippen molar-refractivity contribution < 1.29 is 31.2 Å². The van der Waals surface area contributed by atoms with E-state index in [1.165, 1.54) is 4.90 Å². The lowest BCUT2D eigenvalue weighted by molar-refractivity contribution is -0.140. The zero-order chi connectivity index (χ0) is 29.0. The number of carbonyl (C=O) groups is 2. The third-order valence-corrected chi connectivity index (χ3v) is 8.19. The van der Waals surface area contributed by atoms with Gasteiger partial charge in [0.2, 0.25) is 21.8 Å². The molecular formula is C27H33ClF3N3O4S. The van der Waals surface area contributed by atoms with Gasteiger partial charge in [0.25, 0.3) is 0 Å². The van der Waals surface area contributed by atoms with Gasteiger partial charge in [0.1, 0.15) is 12.6 Å². The van der Waals surface area contributed by atoms with Gasteiger partial charge in [0.15, 0.2) is 0 Å². The second-order valence-electron chi connectivity index (χ2n) is 9.86. The molecule has 0 bridgehead atoms. The Morgan fingerprint density at radius 1 is 1.13 bits per heavy atom. The smallest absolute Gasteiger partial charge is 0.352 e. The topological polar surface area (TPSA) is 86.8 Å². The monoisotopic (exact) mass is 587 g/mol. The summed E-state index contributed by atoms with van der Waals surface area (Å²) in [6.45, 7) is 2.79. The highest BCUT2D eigenvalue weighted by atomic mass is 35.5. The lowest BCUT2D eigenvalue weighted by Gasteiger charge is -2.33. The van der Waals surface area contributed by atoms with Crippen LogP contribution in [0.25, 0.3) is 0 Å². The average Bonchev–Trinajstić information content (AvgIpc) is 3.34. The van der Waals surface area contributed by atoms with Crippen LogP contribution in [0.2, 0.25) is 5.02 Å². The number of amides is 2. The van der Waals surface area contributed by atoms with Crippen molar-refractivity contribution in [2.45, 2.75) is 70.8 Å². The number of anilines is 1. The van der Waals surface area contributed by atoms with E-state index in [0.29, 0.717) is 10.4 Å². The van der Waals surface area contributed by atoms with Gasteiger partial charge in [-0.3, -0.25) is 13.9 Å². The number of hydrogen-bond acceptors (Lipinski definition) is 4. The number of hydrogen-bond donors (Lipinski definition) is 1. The van der Waals surface area contributed by atoms with Crippen LogP contribution in [-0.2, 0) is 32.3 Å². The van der Waals surface area contributed by atoms with E-state index in [1.54, 1.807) is 19.1 Å². The van der Waals surface area contributed by atoms with Crippen molar-refractivity contribution in [3.8, 4) is 0 Å². The predicted octanol–water partition coefficient (Wildman–Crippen LogP) is 5.30. The molecule has 2 aromatic carbocycles. The fourth-order valence-electron chi connectivity index (χ4n) is 4.77. The summed E-state index contributed by atoms with van der Waals surface area (Å²) in [7, 11) is -4.25. The highest BCUT2D eigenvalue weighted by Gasteiger charge is 2.35. The molecule has 7 nitrogen and oxygen atoms in total. The molecule has 214 valence electrons. The van der Waals surface area contributed by atoms with Gasteiger partial charge in [-0.15, -0.1) is 0 Å². The van der Waals surface area contributed by atoms with Gasteiger partial charge in [0, 0.05) is 12.6 Å². The van der Waals surface area contributed by atoms with Crippen LogP contribution in [-0.4, -0.2) is 50.0 Å². The first-order chi connectivity index (χ1) is 18.2. The SMILES string of the molecule is CC[C@@H](C(=O)NC1CCCC1)N(Cc1cccc(C)c1)C(=O)CN(c1cc(C(F)(F)F)ccc1Cl)S(C)(=O)=O. The van der Waals surface area contributed by atoms with Crippen molar-refractivity contribution in [2.24, 2.45) is 0 Å². The van der Waals surface area contributed by atoms with Crippen LogP contribution in [0.4, 0.5) is 18.9 Å². The van der Waals surface area contributed by atoms with Gasteiger partial charge in [-0.05, 0) is 49.9 Å². The number of nitrogens with one attached hydrogen (secondary N) is 1. The molecule has 0 aromatic heterocycles. The van der Waals surface area contributed by atoms with Crippen molar-refractivity contribution >= 4 is 39.1 Å². The fraction of sp³-hybridized carbons (Fsp3) is 0.481. The highest BCUT2D eigenvalue weighted by molar-refractivity contribution is 7.92. The first kappa shape index (κ1) is 30.7. The van der Waals surface area contributed by atoms with Gasteiger partial charge in [-0.1, -0.05) is 61.2 Å². The normalized spacial score (nSPS) is 15.2. The van der Waals surface area contributed by atoms with Gasteiger partial charge >= 0.3 is 6.18 Å². The van der Waals surface area contributed by atoms with Crippen LogP contribution in [0, 0.1) is 6.92 Å². The van der Waals surface area contributed by atoms with Crippen molar-refractivity contribution in [1.29, 1.82) is 0 Å². The zero-order valence-electron chi connectivity index (χ0n) is 22.1. The van der Waals surface area contributed by atoms with Gasteiger partial charge in [0.05, 0.1) is 22.5 Å². The van der Waals surface area contributed by atoms with Crippen LogP contribution in [0.3, 0.4) is 0 Å². The largest absolute Gasteiger partial charge is 0.416 e. The summed E-state index contributed by atoms with van der Waals surface area (Å²) in [5.74, 6) is -1.10. The Balaban J connectivity index is 1.99. The number of benzene rings is 2. The Hall–Kier alpha value is -2.79. The second kappa shape index (κ2) is 12.6. The third-order valence-electron chi connectivity index (χ3n) is 6.74. The van der Waals surface area contributed by atoms with Crippen molar-refractivity contribution in [2.75, 3.05) is 17.1 Å². The summed E-state index contributed by atoms with van der Waals surface area (Å²) in [5, 5.41) is 2.73. The molecule has 1 N–H and O–H groups in total. The highest BCUT2D eigenvalue weighted by Crippen LogP contribution is 2.36. The van der Waals surface area contributed by atoms with Gasteiger partial charge < -0.3 is 10.2 Å². The summed E-state index contributed by atoms with van der Waals surface area (Å²) >= 11 is 6.13. The molecular weight excluding hydrogens is 555 g/mol. The Bertz CT molecular complexity index is 1300. The Labute approximate surface area is 232 Å². The minimum Gasteiger partial charge on any atom is -0.352 e. The number of carbonyl (C=O) groups excluding carboxylic acids is 2. The molecule has 3 rings (SSSR count). The number of halogens is 4. The number of rotatable bonds is 10. The van der Waals surface area contributed by atoms with E-state index in [2.05, 4.69) is 5.32 Å². The van der Waals surface area contributed by atoms with Crippen LogP contribution in [0.1, 0.15) is 55.7 Å². The molecule has 0 heterocycles. The van der Waals surface area contributed by atoms with E-state index in [0.717, 1.165) is 55.2 Å². The lowest BCUT2D eigenvalue weighted by Crippen LogP contribution is -2.53. The first-order valence-electron chi connectivity index (χ1n) is 12.7. The lowest BCUT2D eigenvalue weighted by atomic mass is 10.1.